The number of hydrogen-bond donors (Lipinski definition) is 2. The zero-order valence-electron chi connectivity index (χ0n) is 19.3. The number of nitrogens with one attached hydrogen (secondary N) is 2. The van der Waals surface area contributed by atoms with Gasteiger partial charge in [0.05, 0.1) is 36.7 Å². The van der Waals surface area contributed by atoms with Crippen molar-refractivity contribution in [2.24, 2.45) is 0 Å². The number of ether oxygens (including phenoxy) is 1. The SMILES string of the molecule is Cc1c2c(=O)n(Cc3ccc(F)cc3Cl)[nH]c2cc(=O)n1Cc1ccccc1CC1CNCCO1. The molecule has 4 aromatic rings. The van der Waals surface area contributed by atoms with Gasteiger partial charge in [0.25, 0.3) is 11.1 Å². The highest BCUT2D eigenvalue weighted by Crippen LogP contribution is 2.20. The largest absolute Gasteiger partial charge is 0.375 e. The molecule has 35 heavy (non-hydrogen) atoms. The van der Waals surface area contributed by atoms with Gasteiger partial charge in [-0.1, -0.05) is 41.9 Å². The van der Waals surface area contributed by atoms with Crippen LogP contribution in [0.3, 0.4) is 0 Å². The number of benzene rings is 2. The summed E-state index contributed by atoms with van der Waals surface area (Å²) in [5.74, 6) is -0.442. The Bertz CT molecular complexity index is 1500. The standard InChI is InChI=1S/C26H26ClFN4O3/c1-16-25-23(30-32(26(25)34)15-19-6-7-20(28)11-22(19)27)12-24(33)31(16)14-18-5-3-2-4-17(18)10-21-13-29-8-9-35-21/h2-7,11-12,21,29-30H,8-10,13-15H2,1H3. The lowest BCUT2D eigenvalue weighted by atomic mass is 10.0. The zero-order valence-corrected chi connectivity index (χ0v) is 20.1. The molecule has 0 saturated carbocycles. The molecule has 0 radical (unpaired) electrons. The summed E-state index contributed by atoms with van der Waals surface area (Å²) in [6.45, 7) is 4.61. The van der Waals surface area contributed by atoms with Crippen LogP contribution in [0.15, 0.2) is 58.1 Å². The first-order chi connectivity index (χ1) is 16.9. The lowest BCUT2D eigenvalue weighted by molar-refractivity contribution is 0.0291. The van der Waals surface area contributed by atoms with Crippen molar-refractivity contribution in [1.82, 2.24) is 19.7 Å². The van der Waals surface area contributed by atoms with Crippen molar-refractivity contribution >= 4 is 22.5 Å². The fourth-order valence-corrected chi connectivity index (χ4v) is 4.89. The van der Waals surface area contributed by atoms with Crippen LogP contribution in [0.4, 0.5) is 4.39 Å². The van der Waals surface area contributed by atoms with Crippen LogP contribution in [0.5, 0.6) is 0 Å². The number of nitrogens with zero attached hydrogens (tertiary/aromatic N) is 2. The van der Waals surface area contributed by atoms with Gasteiger partial charge in [0.15, 0.2) is 0 Å². The van der Waals surface area contributed by atoms with Crippen molar-refractivity contribution in [2.45, 2.75) is 32.5 Å². The molecule has 2 N–H and O–H groups in total. The molecule has 9 heteroatoms. The predicted molar refractivity (Wildman–Crippen MR) is 134 cm³/mol. The summed E-state index contributed by atoms with van der Waals surface area (Å²) < 4.78 is 22.3. The number of pyridine rings is 1. The van der Waals surface area contributed by atoms with Gasteiger partial charge in [-0.25, -0.2) is 9.07 Å². The summed E-state index contributed by atoms with van der Waals surface area (Å²) in [7, 11) is 0. The Morgan fingerprint density at radius 2 is 1.89 bits per heavy atom. The summed E-state index contributed by atoms with van der Waals surface area (Å²) in [4.78, 5) is 26.3. The van der Waals surface area contributed by atoms with Gasteiger partial charge < -0.3 is 14.6 Å². The summed E-state index contributed by atoms with van der Waals surface area (Å²) in [5.41, 5.74) is 3.31. The molecule has 5 rings (SSSR count). The van der Waals surface area contributed by atoms with Crippen molar-refractivity contribution in [3.05, 3.63) is 102 Å². The maximum Gasteiger partial charge on any atom is 0.276 e. The lowest BCUT2D eigenvalue weighted by Gasteiger charge is -2.24. The maximum absolute atomic E-state index is 13.4. The molecule has 182 valence electrons. The monoisotopic (exact) mass is 496 g/mol. The summed E-state index contributed by atoms with van der Waals surface area (Å²) in [5, 5.41) is 7.04. The minimum absolute atomic E-state index is 0.0837. The zero-order chi connectivity index (χ0) is 24.5. The number of aromatic amines is 1. The highest BCUT2D eigenvalue weighted by atomic mass is 35.5. The number of hydrogen-bond acceptors (Lipinski definition) is 4. The summed E-state index contributed by atoms with van der Waals surface area (Å²) in [6.07, 6.45) is 0.828. The first-order valence-electron chi connectivity index (χ1n) is 11.6. The Kier molecular flexibility index (Phi) is 6.60. The number of H-pyrrole nitrogens is 1. The van der Waals surface area contributed by atoms with Crippen molar-refractivity contribution in [1.29, 1.82) is 0 Å². The van der Waals surface area contributed by atoms with Gasteiger partial charge in [0.1, 0.15) is 5.82 Å². The van der Waals surface area contributed by atoms with Crippen LogP contribution in [0, 0.1) is 12.7 Å². The predicted octanol–water partition coefficient (Wildman–Crippen LogP) is 3.22. The van der Waals surface area contributed by atoms with Gasteiger partial charge in [-0.15, -0.1) is 0 Å². The molecule has 0 amide bonds. The van der Waals surface area contributed by atoms with Gasteiger partial charge in [-0.05, 0) is 35.7 Å². The van der Waals surface area contributed by atoms with Gasteiger partial charge >= 0.3 is 0 Å². The van der Waals surface area contributed by atoms with Crippen molar-refractivity contribution in [3.63, 3.8) is 0 Å². The third-order valence-electron chi connectivity index (χ3n) is 6.53. The number of fused-ring (bicyclic) bond motifs is 1. The molecule has 3 heterocycles. The van der Waals surface area contributed by atoms with Crippen LogP contribution in [0.1, 0.15) is 22.4 Å². The molecule has 1 aliphatic rings. The summed E-state index contributed by atoms with van der Waals surface area (Å²) >= 11 is 6.15. The van der Waals surface area contributed by atoms with E-state index in [-0.39, 0.29) is 28.8 Å². The Labute approximate surface area is 206 Å². The van der Waals surface area contributed by atoms with Gasteiger partial charge in [0, 0.05) is 36.3 Å². The number of morpholine rings is 1. The third kappa shape index (κ3) is 4.82. The first kappa shape index (κ1) is 23.5. The molecule has 0 aliphatic carbocycles. The van der Waals surface area contributed by atoms with Gasteiger partial charge in [0.2, 0.25) is 0 Å². The Morgan fingerprint density at radius 1 is 1.09 bits per heavy atom. The normalized spacial score (nSPS) is 16.1. The fourth-order valence-electron chi connectivity index (χ4n) is 4.66. The van der Waals surface area contributed by atoms with E-state index in [4.69, 9.17) is 16.3 Å². The number of halogens is 2. The molecular weight excluding hydrogens is 471 g/mol. The molecule has 0 spiro atoms. The molecule has 1 unspecified atom stereocenters. The Morgan fingerprint density at radius 3 is 2.63 bits per heavy atom. The molecular formula is C26H26ClFN4O3. The second-order valence-corrected chi connectivity index (χ2v) is 9.26. The van der Waals surface area contributed by atoms with E-state index in [9.17, 15) is 14.0 Å². The first-order valence-corrected chi connectivity index (χ1v) is 11.9. The van der Waals surface area contributed by atoms with Crippen molar-refractivity contribution in [3.8, 4) is 0 Å². The number of rotatable bonds is 6. The van der Waals surface area contributed by atoms with Crippen molar-refractivity contribution < 1.29 is 9.13 Å². The second-order valence-electron chi connectivity index (χ2n) is 8.85. The van der Waals surface area contributed by atoms with E-state index in [1.807, 2.05) is 18.2 Å². The topological polar surface area (TPSA) is 81.0 Å². The molecule has 1 fully saturated rings. The molecule has 7 nitrogen and oxygen atoms in total. The second kappa shape index (κ2) is 9.81. The van der Waals surface area contributed by atoms with Gasteiger partial charge in [-0.3, -0.25) is 14.7 Å². The minimum atomic E-state index is -0.442. The molecule has 2 aromatic heterocycles. The molecule has 1 saturated heterocycles. The van der Waals surface area contributed by atoms with Crippen LogP contribution in [-0.4, -0.2) is 40.1 Å². The van der Waals surface area contributed by atoms with E-state index in [1.165, 1.54) is 22.9 Å². The lowest BCUT2D eigenvalue weighted by Crippen LogP contribution is -2.39. The van der Waals surface area contributed by atoms with E-state index in [1.54, 1.807) is 17.6 Å². The average molecular weight is 497 g/mol. The van der Waals surface area contributed by atoms with E-state index in [0.29, 0.717) is 35.3 Å². The minimum Gasteiger partial charge on any atom is -0.375 e. The van der Waals surface area contributed by atoms with Crippen LogP contribution in [-0.2, 0) is 24.2 Å². The van der Waals surface area contributed by atoms with E-state index >= 15 is 0 Å². The van der Waals surface area contributed by atoms with Crippen LogP contribution >= 0.6 is 11.6 Å². The third-order valence-corrected chi connectivity index (χ3v) is 6.88. The van der Waals surface area contributed by atoms with Crippen LogP contribution < -0.4 is 16.4 Å². The highest BCUT2D eigenvalue weighted by molar-refractivity contribution is 6.31. The quantitative estimate of drug-likeness (QED) is 0.429. The highest BCUT2D eigenvalue weighted by Gasteiger charge is 2.18. The van der Waals surface area contributed by atoms with Crippen LogP contribution in [0.25, 0.3) is 10.9 Å². The van der Waals surface area contributed by atoms with Gasteiger partial charge in [-0.2, -0.15) is 0 Å². The van der Waals surface area contributed by atoms with E-state index < -0.39 is 5.82 Å². The van der Waals surface area contributed by atoms with E-state index in [2.05, 4.69) is 16.5 Å². The Balaban J connectivity index is 1.49. The fraction of sp³-hybridized carbons (Fsp3) is 0.308. The summed E-state index contributed by atoms with van der Waals surface area (Å²) in [6, 6.07) is 13.5. The van der Waals surface area contributed by atoms with Crippen LogP contribution in [0.2, 0.25) is 5.02 Å². The smallest absolute Gasteiger partial charge is 0.276 e. The van der Waals surface area contributed by atoms with Crippen molar-refractivity contribution in [2.75, 3.05) is 19.7 Å². The molecule has 1 aliphatic heterocycles. The number of aryl methyl sites for hydroxylation is 1. The molecule has 2 aromatic carbocycles. The molecule has 0 bridgehead atoms. The molecule has 1 atom stereocenters. The maximum atomic E-state index is 13.4. The average Bonchev–Trinajstić information content (AvgIpc) is 3.15. The Hall–Kier alpha value is -3.20. The van der Waals surface area contributed by atoms with E-state index in [0.717, 1.165) is 30.6 Å². The number of aromatic nitrogens is 3.